The van der Waals surface area contributed by atoms with Crippen molar-refractivity contribution in [1.29, 1.82) is 0 Å². The number of hydrogen-bond donors (Lipinski definition) is 0. The third-order valence-corrected chi connectivity index (χ3v) is 1.83. The van der Waals surface area contributed by atoms with Crippen molar-refractivity contribution in [1.82, 2.24) is 0 Å². The molecule has 10 heavy (non-hydrogen) atoms. The summed E-state index contributed by atoms with van der Waals surface area (Å²) >= 11 is 1.04. The first kappa shape index (κ1) is 6.22. The van der Waals surface area contributed by atoms with Crippen LogP contribution >= 0.6 is 12.3 Å². The van der Waals surface area contributed by atoms with E-state index in [-0.39, 0.29) is 6.29 Å². The van der Waals surface area contributed by atoms with Crippen molar-refractivity contribution < 1.29 is 8.37 Å². The highest BCUT2D eigenvalue weighted by Gasteiger charge is 2.22. The Hall–Kier alpha value is -0.510. The molecular formula is C7H6O2S. The van der Waals surface area contributed by atoms with Gasteiger partial charge < -0.3 is 0 Å². The Morgan fingerprint density at radius 1 is 1.10 bits per heavy atom. The summed E-state index contributed by atoms with van der Waals surface area (Å²) in [6, 6.07) is 9.85. The van der Waals surface area contributed by atoms with Gasteiger partial charge in [-0.1, -0.05) is 30.3 Å². The molecule has 0 saturated carbocycles. The van der Waals surface area contributed by atoms with Gasteiger partial charge in [0.15, 0.2) is 12.3 Å². The van der Waals surface area contributed by atoms with Crippen molar-refractivity contribution in [2.24, 2.45) is 0 Å². The Labute approximate surface area is 63.6 Å². The molecule has 0 radical (unpaired) electrons. The monoisotopic (exact) mass is 154 g/mol. The Balaban J connectivity index is 2.18. The maximum absolute atomic E-state index is 5.01. The molecule has 0 amide bonds. The van der Waals surface area contributed by atoms with Gasteiger partial charge >= 0.3 is 0 Å². The van der Waals surface area contributed by atoms with Gasteiger partial charge in [0.1, 0.15) is 0 Å². The largest absolute Gasteiger partial charge is 0.254 e. The number of hydrogen-bond acceptors (Lipinski definition) is 3. The average molecular weight is 154 g/mol. The van der Waals surface area contributed by atoms with Crippen LogP contribution in [0.2, 0.25) is 0 Å². The van der Waals surface area contributed by atoms with Gasteiger partial charge in [0, 0.05) is 5.56 Å². The van der Waals surface area contributed by atoms with Gasteiger partial charge in [-0.2, -0.15) is 0 Å². The summed E-state index contributed by atoms with van der Waals surface area (Å²) in [5.41, 5.74) is 1.07. The first-order chi connectivity index (χ1) is 4.97. The molecule has 2 nitrogen and oxygen atoms in total. The zero-order valence-electron chi connectivity index (χ0n) is 5.19. The van der Waals surface area contributed by atoms with Crippen LogP contribution in [0, 0.1) is 0 Å². The maximum atomic E-state index is 5.01. The highest BCUT2D eigenvalue weighted by atomic mass is 32.2. The zero-order valence-corrected chi connectivity index (χ0v) is 6.01. The van der Waals surface area contributed by atoms with Crippen molar-refractivity contribution >= 4 is 12.3 Å². The molecule has 1 aromatic rings. The third kappa shape index (κ3) is 1.03. The van der Waals surface area contributed by atoms with Crippen molar-refractivity contribution in [2.45, 2.75) is 6.29 Å². The van der Waals surface area contributed by atoms with Crippen molar-refractivity contribution in [3.63, 3.8) is 0 Å². The van der Waals surface area contributed by atoms with Gasteiger partial charge in [0.2, 0.25) is 6.29 Å². The van der Waals surface area contributed by atoms with E-state index >= 15 is 0 Å². The van der Waals surface area contributed by atoms with E-state index in [4.69, 9.17) is 8.37 Å². The second kappa shape index (κ2) is 2.62. The van der Waals surface area contributed by atoms with Crippen LogP contribution in [-0.2, 0) is 8.37 Å². The molecule has 0 aromatic heterocycles. The predicted molar refractivity (Wildman–Crippen MR) is 38.9 cm³/mol. The molecule has 0 atom stereocenters. The molecule has 52 valence electrons. The van der Waals surface area contributed by atoms with Crippen molar-refractivity contribution in [2.75, 3.05) is 0 Å². The third-order valence-electron chi connectivity index (χ3n) is 1.33. The van der Waals surface area contributed by atoms with Crippen LogP contribution in [0.5, 0.6) is 0 Å². The van der Waals surface area contributed by atoms with Crippen LogP contribution in [0.25, 0.3) is 0 Å². The van der Waals surface area contributed by atoms with E-state index in [1.807, 2.05) is 30.3 Å². The summed E-state index contributed by atoms with van der Waals surface area (Å²) in [6.07, 6.45) is -0.147. The van der Waals surface area contributed by atoms with E-state index in [1.54, 1.807) is 0 Å². The van der Waals surface area contributed by atoms with E-state index < -0.39 is 0 Å². The highest BCUT2D eigenvalue weighted by molar-refractivity contribution is 7.90. The van der Waals surface area contributed by atoms with E-state index in [2.05, 4.69) is 0 Å². The molecule has 0 unspecified atom stereocenters. The SMILES string of the molecule is c1ccc(C2OSO2)cc1. The second-order valence-electron chi connectivity index (χ2n) is 2.00. The van der Waals surface area contributed by atoms with Gasteiger partial charge in [-0.25, -0.2) is 0 Å². The molecule has 0 aliphatic carbocycles. The summed E-state index contributed by atoms with van der Waals surface area (Å²) in [5.74, 6) is 0. The van der Waals surface area contributed by atoms with Crippen molar-refractivity contribution in [3.05, 3.63) is 35.9 Å². The molecule has 1 aliphatic heterocycles. The summed E-state index contributed by atoms with van der Waals surface area (Å²) in [7, 11) is 0. The first-order valence-corrected chi connectivity index (χ1v) is 3.67. The topological polar surface area (TPSA) is 18.5 Å². The minimum Gasteiger partial charge on any atom is -0.254 e. The normalized spacial score (nSPS) is 18.4. The Kier molecular flexibility index (Phi) is 1.63. The molecule has 2 rings (SSSR count). The Morgan fingerprint density at radius 2 is 1.80 bits per heavy atom. The van der Waals surface area contributed by atoms with Crippen LogP contribution in [-0.4, -0.2) is 0 Å². The Morgan fingerprint density at radius 3 is 2.30 bits per heavy atom. The van der Waals surface area contributed by atoms with Gasteiger partial charge in [0.25, 0.3) is 0 Å². The fourth-order valence-corrected chi connectivity index (χ4v) is 1.18. The fraction of sp³-hybridized carbons (Fsp3) is 0.143. The Bertz CT molecular complexity index is 208. The van der Waals surface area contributed by atoms with Crippen LogP contribution in [0.1, 0.15) is 11.9 Å². The molecule has 1 heterocycles. The van der Waals surface area contributed by atoms with E-state index in [0.717, 1.165) is 17.9 Å². The van der Waals surface area contributed by atoms with Gasteiger partial charge in [-0.3, -0.25) is 8.37 Å². The maximum Gasteiger partial charge on any atom is 0.214 e. The summed E-state index contributed by atoms with van der Waals surface area (Å²) in [6.45, 7) is 0. The quantitative estimate of drug-likeness (QED) is 0.578. The number of rotatable bonds is 1. The first-order valence-electron chi connectivity index (χ1n) is 3.00. The molecular weight excluding hydrogens is 148 g/mol. The minimum atomic E-state index is -0.147. The lowest BCUT2D eigenvalue weighted by Crippen LogP contribution is -2.09. The summed E-state index contributed by atoms with van der Waals surface area (Å²) in [4.78, 5) is 0. The lowest BCUT2D eigenvalue weighted by Gasteiger charge is -2.23. The molecule has 1 saturated heterocycles. The molecule has 1 aliphatic rings. The predicted octanol–water partition coefficient (Wildman–Crippen LogP) is 2.30. The lowest BCUT2D eigenvalue weighted by molar-refractivity contribution is -0.0429. The standard InChI is InChI=1S/C7H6O2S/c1-2-4-6(5-3-1)7-8-10-9-7/h1-5,7H. The molecule has 1 aromatic carbocycles. The van der Waals surface area contributed by atoms with Crippen LogP contribution in [0.3, 0.4) is 0 Å². The highest BCUT2D eigenvalue weighted by Crippen LogP contribution is 2.37. The molecule has 3 heteroatoms. The van der Waals surface area contributed by atoms with Crippen LogP contribution in [0.4, 0.5) is 0 Å². The molecule has 0 spiro atoms. The van der Waals surface area contributed by atoms with Gasteiger partial charge in [-0.15, -0.1) is 0 Å². The van der Waals surface area contributed by atoms with E-state index in [0.29, 0.717) is 0 Å². The van der Waals surface area contributed by atoms with Crippen molar-refractivity contribution in [3.8, 4) is 0 Å². The average Bonchev–Trinajstić information content (AvgIpc) is 1.86. The fourth-order valence-electron chi connectivity index (χ4n) is 0.800. The van der Waals surface area contributed by atoms with E-state index in [9.17, 15) is 0 Å². The van der Waals surface area contributed by atoms with E-state index in [1.165, 1.54) is 0 Å². The summed E-state index contributed by atoms with van der Waals surface area (Å²) in [5, 5.41) is 0. The number of benzene rings is 1. The van der Waals surface area contributed by atoms with Gasteiger partial charge in [-0.05, 0) is 0 Å². The lowest BCUT2D eigenvalue weighted by atomic mass is 10.2. The minimum absolute atomic E-state index is 0.147. The summed E-state index contributed by atoms with van der Waals surface area (Å²) < 4.78 is 10.0. The molecule has 0 N–H and O–H groups in total. The van der Waals surface area contributed by atoms with Crippen LogP contribution < -0.4 is 0 Å². The van der Waals surface area contributed by atoms with Gasteiger partial charge in [0.05, 0.1) is 0 Å². The molecule has 1 fully saturated rings. The van der Waals surface area contributed by atoms with Crippen LogP contribution in [0.15, 0.2) is 30.3 Å². The molecule has 0 bridgehead atoms. The second-order valence-corrected chi connectivity index (χ2v) is 2.52. The zero-order chi connectivity index (χ0) is 6.81. The smallest absolute Gasteiger partial charge is 0.214 e.